The van der Waals surface area contributed by atoms with Crippen molar-refractivity contribution < 1.29 is 9.84 Å². The van der Waals surface area contributed by atoms with E-state index in [0.29, 0.717) is 18.1 Å². The molecule has 2 rings (SSSR count). The van der Waals surface area contributed by atoms with E-state index >= 15 is 0 Å². The Morgan fingerprint density at radius 3 is 2.71 bits per heavy atom. The Morgan fingerprint density at radius 1 is 1.24 bits per heavy atom. The van der Waals surface area contributed by atoms with Crippen LogP contribution < -0.4 is 10.1 Å². The Labute approximate surface area is 99.9 Å². The van der Waals surface area contributed by atoms with E-state index < -0.39 is 0 Å². The minimum absolute atomic E-state index is 0.268. The first-order valence-corrected chi connectivity index (χ1v) is 5.30. The van der Waals surface area contributed by atoms with Crippen LogP contribution in [-0.2, 0) is 6.54 Å². The quantitative estimate of drug-likeness (QED) is 0.846. The molecule has 0 aliphatic carbocycles. The van der Waals surface area contributed by atoms with Gasteiger partial charge in [-0.25, -0.2) is 4.98 Å². The SMILES string of the molecule is COc1cccnc1NCc1ccc(O)cc1. The fourth-order valence-corrected chi connectivity index (χ4v) is 1.49. The van der Waals surface area contributed by atoms with Gasteiger partial charge in [0.25, 0.3) is 0 Å². The van der Waals surface area contributed by atoms with E-state index in [1.54, 1.807) is 25.4 Å². The van der Waals surface area contributed by atoms with Crippen molar-refractivity contribution in [3.8, 4) is 11.5 Å². The predicted octanol–water partition coefficient (Wildman–Crippen LogP) is 2.41. The van der Waals surface area contributed by atoms with Crippen molar-refractivity contribution in [3.63, 3.8) is 0 Å². The van der Waals surface area contributed by atoms with Crippen molar-refractivity contribution in [2.75, 3.05) is 12.4 Å². The van der Waals surface area contributed by atoms with E-state index in [-0.39, 0.29) is 5.75 Å². The number of aromatic hydroxyl groups is 1. The first-order valence-electron chi connectivity index (χ1n) is 5.30. The van der Waals surface area contributed by atoms with Gasteiger partial charge in [-0.05, 0) is 29.8 Å². The molecule has 0 radical (unpaired) electrons. The van der Waals surface area contributed by atoms with Gasteiger partial charge in [-0.15, -0.1) is 0 Å². The number of anilines is 1. The number of pyridine rings is 1. The molecule has 0 aliphatic rings. The molecule has 0 atom stereocenters. The highest BCUT2D eigenvalue weighted by Gasteiger charge is 2.02. The maximum absolute atomic E-state index is 9.17. The summed E-state index contributed by atoms with van der Waals surface area (Å²) in [6, 6.07) is 10.7. The Kier molecular flexibility index (Phi) is 3.45. The van der Waals surface area contributed by atoms with Crippen molar-refractivity contribution >= 4 is 5.82 Å². The molecule has 2 N–H and O–H groups in total. The molecule has 2 aromatic rings. The number of nitrogens with zero attached hydrogens (tertiary/aromatic N) is 1. The summed E-state index contributed by atoms with van der Waals surface area (Å²) in [5.41, 5.74) is 1.07. The van der Waals surface area contributed by atoms with Crippen LogP contribution in [0.25, 0.3) is 0 Å². The van der Waals surface area contributed by atoms with Crippen LogP contribution in [0.3, 0.4) is 0 Å². The Balaban J connectivity index is 2.04. The molecular weight excluding hydrogens is 216 g/mol. The van der Waals surface area contributed by atoms with Crippen molar-refractivity contribution in [1.29, 1.82) is 0 Å². The highest BCUT2D eigenvalue weighted by molar-refractivity contribution is 5.49. The van der Waals surface area contributed by atoms with Crippen LogP contribution in [0.5, 0.6) is 11.5 Å². The molecule has 1 heterocycles. The monoisotopic (exact) mass is 230 g/mol. The van der Waals surface area contributed by atoms with Gasteiger partial charge in [0.1, 0.15) is 5.75 Å². The maximum Gasteiger partial charge on any atom is 0.168 e. The van der Waals surface area contributed by atoms with Gasteiger partial charge in [0.2, 0.25) is 0 Å². The lowest BCUT2D eigenvalue weighted by molar-refractivity contribution is 0.415. The van der Waals surface area contributed by atoms with Gasteiger partial charge in [-0.3, -0.25) is 0 Å². The van der Waals surface area contributed by atoms with Crippen LogP contribution >= 0.6 is 0 Å². The second-order valence-electron chi connectivity index (χ2n) is 3.57. The number of ether oxygens (including phenoxy) is 1. The number of methoxy groups -OCH3 is 1. The first-order chi connectivity index (χ1) is 8.29. The van der Waals surface area contributed by atoms with E-state index in [1.165, 1.54) is 0 Å². The molecular formula is C13H14N2O2. The van der Waals surface area contributed by atoms with Gasteiger partial charge in [0.05, 0.1) is 7.11 Å². The minimum Gasteiger partial charge on any atom is -0.508 e. The lowest BCUT2D eigenvalue weighted by Crippen LogP contribution is -2.02. The molecule has 0 saturated carbocycles. The van der Waals surface area contributed by atoms with Crippen LogP contribution in [0.15, 0.2) is 42.6 Å². The third kappa shape index (κ3) is 2.87. The van der Waals surface area contributed by atoms with Gasteiger partial charge >= 0.3 is 0 Å². The van der Waals surface area contributed by atoms with Crippen molar-refractivity contribution in [1.82, 2.24) is 4.98 Å². The molecule has 0 aliphatic heterocycles. The fraction of sp³-hybridized carbons (Fsp3) is 0.154. The van der Waals surface area contributed by atoms with Gasteiger partial charge in [0, 0.05) is 12.7 Å². The minimum atomic E-state index is 0.268. The summed E-state index contributed by atoms with van der Waals surface area (Å²) < 4.78 is 5.19. The molecule has 88 valence electrons. The molecule has 0 amide bonds. The highest BCUT2D eigenvalue weighted by Crippen LogP contribution is 2.20. The zero-order valence-electron chi connectivity index (χ0n) is 9.55. The van der Waals surface area contributed by atoms with Crippen LogP contribution in [0.2, 0.25) is 0 Å². The number of benzene rings is 1. The third-order valence-electron chi connectivity index (χ3n) is 2.39. The zero-order chi connectivity index (χ0) is 12.1. The first kappa shape index (κ1) is 11.3. The van der Waals surface area contributed by atoms with Gasteiger partial charge < -0.3 is 15.2 Å². The van der Waals surface area contributed by atoms with E-state index in [2.05, 4.69) is 10.3 Å². The molecule has 1 aromatic heterocycles. The fourth-order valence-electron chi connectivity index (χ4n) is 1.49. The number of phenolic OH excluding ortho intramolecular Hbond substituents is 1. The Morgan fingerprint density at radius 2 is 2.00 bits per heavy atom. The third-order valence-corrected chi connectivity index (χ3v) is 2.39. The predicted molar refractivity (Wildman–Crippen MR) is 66.2 cm³/mol. The summed E-state index contributed by atoms with van der Waals surface area (Å²) in [6.45, 7) is 0.633. The van der Waals surface area contributed by atoms with Crippen LogP contribution in [0.1, 0.15) is 5.56 Å². The van der Waals surface area contributed by atoms with E-state index in [4.69, 9.17) is 4.74 Å². The van der Waals surface area contributed by atoms with E-state index in [0.717, 1.165) is 5.56 Å². The van der Waals surface area contributed by atoms with E-state index in [9.17, 15) is 5.11 Å². The molecule has 0 spiro atoms. The summed E-state index contributed by atoms with van der Waals surface area (Å²) in [5, 5.41) is 12.4. The summed E-state index contributed by atoms with van der Waals surface area (Å²) in [5.74, 6) is 1.69. The Hall–Kier alpha value is -2.23. The largest absolute Gasteiger partial charge is 0.508 e. The average molecular weight is 230 g/mol. The highest BCUT2D eigenvalue weighted by atomic mass is 16.5. The molecule has 4 nitrogen and oxygen atoms in total. The van der Waals surface area contributed by atoms with Gasteiger partial charge in [-0.1, -0.05) is 12.1 Å². The van der Waals surface area contributed by atoms with Gasteiger partial charge in [-0.2, -0.15) is 0 Å². The number of aromatic nitrogens is 1. The number of phenols is 1. The summed E-state index contributed by atoms with van der Waals surface area (Å²) in [4.78, 5) is 4.20. The van der Waals surface area contributed by atoms with Crippen molar-refractivity contribution in [2.24, 2.45) is 0 Å². The molecule has 0 fully saturated rings. The topological polar surface area (TPSA) is 54.4 Å². The lowest BCUT2D eigenvalue weighted by Gasteiger charge is -2.09. The molecule has 0 bridgehead atoms. The zero-order valence-corrected chi connectivity index (χ0v) is 9.55. The summed E-state index contributed by atoms with van der Waals surface area (Å²) >= 11 is 0. The van der Waals surface area contributed by atoms with Gasteiger partial charge in [0.15, 0.2) is 11.6 Å². The maximum atomic E-state index is 9.17. The number of hydrogen-bond donors (Lipinski definition) is 2. The van der Waals surface area contributed by atoms with Crippen molar-refractivity contribution in [3.05, 3.63) is 48.2 Å². The second kappa shape index (κ2) is 5.21. The number of rotatable bonds is 4. The van der Waals surface area contributed by atoms with Crippen LogP contribution in [-0.4, -0.2) is 17.2 Å². The molecule has 0 unspecified atom stereocenters. The van der Waals surface area contributed by atoms with Crippen LogP contribution in [0, 0.1) is 0 Å². The normalized spacial score (nSPS) is 9.94. The molecule has 17 heavy (non-hydrogen) atoms. The lowest BCUT2D eigenvalue weighted by atomic mass is 10.2. The number of hydrogen-bond acceptors (Lipinski definition) is 4. The molecule has 0 saturated heterocycles. The summed E-state index contributed by atoms with van der Waals surface area (Å²) in [7, 11) is 1.61. The van der Waals surface area contributed by atoms with Crippen LogP contribution in [0.4, 0.5) is 5.82 Å². The Bertz CT molecular complexity index is 483. The molecule has 4 heteroatoms. The second-order valence-corrected chi connectivity index (χ2v) is 3.57. The summed E-state index contributed by atoms with van der Waals surface area (Å²) in [6.07, 6.45) is 1.71. The molecule has 1 aromatic carbocycles. The van der Waals surface area contributed by atoms with E-state index in [1.807, 2.05) is 24.3 Å². The smallest absolute Gasteiger partial charge is 0.168 e. The van der Waals surface area contributed by atoms with Crippen molar-refractivity contribution in [2.45, 2.75) is 6.54 Å². The standard InChI is InChI=1S/C13H14N2O2/c1-17-12-3-2-8-14-13(12)15-9-10-4-6-11(16)7-5-10/h2-8,16H,9H2,1H3,(H,14,15). The number of nitrogens with one attached hydrogen (secondary N) is 1. The average Bonchev–Trinajstić information content (AvgIpc) is 2.38.